The van der Waals surface area contributed by atoms with Gasteiger partial charge in [0.15, 0.2) is 0 Å². The minimum absolute atomic E-state index is 0.173. The minimum atomic E-state index is -3.77. The van der Waals surface area contributed by atoms with Gasteiger partial charge < -0.3 is 4.90 Å². The van der Waals surface area contributed by atoms with Crippen LogP contribution in [-0.2, 0) is 10.0 Å². The molecule has 22 heavy (non-hydrogen) atoms. The van der Waals surface area contributed by atoms with Crippen molar-refractivity contribution in [2.75, 3.05) is 14.1 Å². The normalized spacial score (nSPS) is 12.3. The first-order chi connectivity index (χ1) is 10.3. The van der Waals surface area contributed by atoms with Crippen molar-refractivity contribution >= 4 is 27.5 Å². The monoisotopic (exact) mass is 336 g/mol. The van der Waals surface area contributed by atoms with Crippen molar-refractivity contribution in [3.8, 4) is 0 Å². The van der Waals surface area contributed by atoms with E-state index in [1.54, 1.807) is 67.5 Å². The summed E-state index contributed by atoms with van der Waals surface area (Å²) in [5, 5.41) is 0.586. The molecule has 2 aromatic rings. The summed E-state index contributed by atoms with van der Waals surface area (Å²) >= 11 is 5.87. The van der Waals surface area contributed by atoms with E-state index in [1.807, 2.05) is 6.92 Å². The summed E-state index contributed by atoms with van der Waals surface area (Å²) in [4.78, 5) is 1.83. The Bertz CT molecular complexity index is 780. The van der Waals surface area contributed by atoms with E-state index in [-0.39, 0.29) is 4.90 Å². The van der Waals surface area contributed by atoms with E-state index >= 15 is 0 Å². The Labute approximate surface area is 136 Å². The molecule has 0 aliphatic carbocycles. The predicted molar refractivity (Wildman–Crippen MR) is 90.0 cm³/mol. The fourth-order valence-corrected chi connectivity index (χ4v) is 3.08. The lowest BCUT2D eigenvalue weighted by molar-refractivity contribution is 0.592. The lowest BCUT2D eigenvalue weighted by atomic mass is 10.2. The molecular formula is C16H17ClN2O2S. The highest BCUT2D eigenvalue weighted by Crippen LogP contribution is 2.17. The smallest absolute Gasteiger partial charge is 0.284 e. The highest BCUT2D eigenvalue weighted by molar-refractivity contribution is 7.90. The lowest BCUT2D eigenvalue weighted by Crippen LogP contribution is -2.24. The second-order valence-electron chi connectivity index (χ2n) is 5.10. The fraction of sp³-hybridized carbons (Fsp3) is 0.188. The molecule has 0 aliphatic rings. The summed E-state index contributed by atoms with van der Waals surface area (Å²) < 4.78 is 28.9. The van der Waals surface area contributed by atoms with Gasteiger partial charge in [0, 0.05) is 24.7 Å². The Morgan fingerprint density at radius 2 is 1.55 bits per heavy atom. The molecule has 6 heteroatoms. The molecule has 0 bridgehead atoms. The molecule has 0 saturated heterocycles. The summed E-state index contributed by atoms with van der Waals surface area (Å²) in [6.45, 7) is 1.90. The van der Waals surface area contributed by atoms with Gasteiger partial charge in [-0.3, -0.25) is 0 Å². The van der Waals surface area contributed by atoms with Crippen molar-refractivity contribution in [1.29, 1.82) is 0 Å². The molecule has 0 unspecified atom stereocenters. The lowest BCUT2D eigenvalue weighted by Gasteiger charge is -2.16. The van der Waals surface area contributed by atoms with Crippen LogP contribution in [0.2, 0.25) is 5.02 Å². The highest BCUT2D eigenvalue weighted by atomic mass is 35.5. The van der Waals surface area contributed by atoms with Gasteiger partial charge in [-0.2, -0.15) is 8.42 Å². The predicted octanol–water partition coefficient (Wildman–Crippen LogP) is 3.35. The molecule has 2 aromatic carbocycles. The molecule has 0 heterocycles. The number of benzene rings is 2. The van der Waals surface area contributed by atoms with Gasteiger partial charge >= 0.3 is 0 Å². The van der Waals surface area contributed by atoms with Gasteiger partial charge in [0.1, 0.15) is 5.84 Å². The van der Waals surface area contributed by atoms with E-state index < -0.39 is 10.0 Å². The average Bonchev–Trinajstić information content (AvgIpc) is 2.46. The van der Waals surface area contributed by atoms with Crippen LogP contribution in [-0.4, -0.2) is 33.2 Å². The number of hydrogen-bond acceptors (Lipinski definition) is 2. The molecule has 0 saturated carbocycles. The van der Waals surface area contributed by atoms with Crippen LogP contribution in [0.4, 0.5) is 0 Å². The number of amidine groups is 1. The van der Waals surface area contributed by atoms with E-state index in [2.05, 4.69) is 4.40 Å². The summed E-state index contributed by atoms with van der Waals surface area (Å²) in [6.07, 6.45) is 0. The Kier molecular flexibility index (Phi) is 4.88. The summed E-state index contributed by atoms with van der Waals surface area (Å²) in [5.41, 5.74) is 1.68. The van der Waals surface area contributed by atoms with Gasteiger partial charge in [0.05, 0.1) is 4.90 Å². The molecular weight excluding hydrogens is 320 g/mol. The van der Waals surface area contributed by atoms with E-state index in [0.29, 0.717) is 16.4 Å². The zero-order valence-corrected chi connectivity index (χ0v) is 14.2. The maximum atomic E-state index is 12.5. The first kappa shape index (κ1) is 16.5. The SMILES string of the molecule is Cc1ccc(S(=O)(=O)/N=C(/c2ccc(Cl)cc2)N(C)C)cc1. The number of halogens is 1. The number of aryl methyl sites for hydroxylation is 1. The van der Waals surface area contributed by atoms with Crippen molar-refractivity contribution in [3.05, 3.63) is 64.7 Å². The van der Waals surface area contributed by atoms with Crippen LogP contribution in [0.5, 0.6) is 0 Å². The maximum Gasteiger partial charge on any atom is 0.284 e. The molecule has 0 atom stereocenters. The number of nitrogens with zero attached hydrogens (tertiary/aromatic N) is 2. The zero-order valence-electron chi connectivity index (χ0n) is 12.6. The van der Waals surface area contributed by atoms with E-state index in [1.165, 1.54) is 0 Å². The first-order valence-electron chi connectivity index (χ1n) is 6.64. The van der Waals surface area contributed by atoms with Crippen LogP contribution < -0.4 is 0 Å². The minimum Gasteiger partial charge on any atom is -0.362 e. The third-order valence-electron chi connectivity index (χ3n) is 3.05. The molecule has 116 valence electrons. The molecule has 0 N–H and O–H groups in total. The van der Waals surface area contributed by atoms with Gasteiger partial charge in [-0.15, -0.1) is 4.40 Å². The van der Waals surface area contributed by atoms with Crippen LogP contribution in [0.15, 0.2) is 57.8 Å². The Morgan fingerprint density at radius 3 is 2.05 bits per heavy atom. The van der Waals surface area contributed by atoms with Gasteiger partial charge in [-0.05, 0) is 43.3 Å². The maximum absolute atomic E-state index is 12.5. The Morgan fingerprint density at radius 1 is 1.00 bits per heavy atom. The quantitative estimate of drug-likeness (QED) is 0.638. The molecule has 0 amide bonds. The van der Waals surface area contributed by atoms with Crippen LogP contribution in [0, 0.1) is 6.92 Å². The van der Waals surface area contributed by atoms with Crippen molar-refractivity contribution in [1.82, 2.24) is 4.90 Å². The highest BCUT2D eigenvalue weighted by Gasteiger charge is 2.16. The van der Waals surface area contributed by atoms with Crippen molar-refractivity contribution in [3.63, 3.8) is 0 Å². The van der Waals surface area contributed by atoms with Crippen molar-refractivity contribution < 1.29 is 8.42 Å². The molecule has 0 radical (unpaired) electrons. The van der Waals surface area contributed by atoms with Crippen molar-refractivity contribution in [2.45, 2.75) is 11.8 Å². The topological polar surface area (TPSA) is 49.7 Å². The Balaban J connectivity index is 2.49. The van der Waals surface area contributed by atoms with Crippen molar-refractivity contribution in [2.24, 2.45) is 4.40 Å². The van der Waals surface area contributed by atoms with Gasteiger partial charge in [-0.1, -0.05) is 29.3 Å². The second kappa shape index (κ2) is 6.50. The number of sulfonamides is 1. The molecule has 0 fully saturated rings. The molecule has 0 spiro atoms. The zero-order chi connectivity index (χ0) is 16.3. The molecule has 2 rings (SSSR count). The Hall–Kier alpha value is -1.85. The van der Waals surface area contributed by atoms with Crippen LogP contribution in [0.3, 0.4) is 0 Å². The third-order valence-corrected chi connectivity index (χ3v) is 4.58. The first-order valence-corrected chi connectivity index (χ1v) is 8.46. The van der Waals surface area contributed by atoms with Crippen LogP contribution in [0.25, 0.3) is 0 Å². The van der Waals surface area contributed by atoms with E-state index in [0.717, 1.165) is 5.56 Å². The van der Waals surface area contributed by atoms with Gasteiger partial charge in [-0.25, -0.2) is 0 Å². The van der Waals surface area contributed by atoms with Crippen LogP contribution in [0.1, 0.15) is 11.1 Å². The summed E-state index contributed by atoms with van der Waals surface area (Å²) in [6, 6.07) is 13.5. The summed E-state index contributed by atoms with van der Waals surface area (Å²) in [5.74, 6) is 0.359. The van der Waals surface area contributed by atoms with E-state index in [9.17, 15) is 8.42 Å². The summed E-state index contributed by atoms with van der Waals surface area (Å²) in [7, 11) is -0.270. The molecule has 0 aromatic heterocycles. The van der Waals surface area contributed by atoms with E-state index in [4.69, 9.17) is 11.6 Å². The standard InChI is InChI=1S/C16H17ClN2O2S/c1-12-4-10-15(11-5-12)22(20,21)18-16(19(2)3)13-6-8-14(17)9-7-13/h4-11H,1-3H3/b18-16-. The molecule has 0 aliphatic heterocycles. The molecule has 4 nitrogen and oxygen atoms in total. The fourth-order valence-electron chi connectivity index (χ4n) is 1.87. The van der Waals surface area contributed by atoms with Crippen LogP contribution >= 0.6 is 11.6 Å². The third kappa shape index (κ3) is 3.87. The number of hydrogen-bond donors (Lipinski definition) is 0. The van der Waals surface area contributed by atoms with Gasteiger partial charge in [0.2, 0.25) is 0 Å². The largest absolute Gasteiger partial charge is 0.362 e. The number of rotatable bonds is 3. The average molecular weight is 337 g/mol. The van der Waals surface area contributed by atoms with Gasteiger partial charge in [0.25, 0.3) is 10.0 Å². The second-order valence-corrected chi connectivity index (χ2v) is 7.14.